The van der Waals surface area contributed by atoms with Crippen LogP contribution in [0.3, 0.4) is 0 Å². The summed E-state index contributed by atoms with van der Waals surface area (Å²) in [5, 5.41) is 3.35. The van der Waals surface area contributed by atoms with Crippen molar-refractivity contribution in [3.63, 3.8) is 0 Å². The average Bonchev–Trinajstić information content (AvgIpc) is 2.80. The second-order valence-electron chi connectivity index (χ2n) is 9.17. The van der Waals surface area contributed by atoms with Gasteiger partial charge in [0.05, 0.1) is 10.5 Å². The topological polar surface area (TPSA) is 103 Å². The van der Waals surface area contributed by atoms with Crippen LogP contribution in [0, 0.1) is 11.8 Å². The van der Waals surface area contributed by atoms with E-state index in [2.05, 4.69) is 42.9 Å². The molecule has 1 aliphatic heterocycles. The number of fused-ring (bicyclic) bond motifs is 1. The smallest absolute Gasteiger partial charge is 0.252 e. The standard InChI is InChI=1S/C24H36N4O4S/c1-5-27(6-2)15-18(4)14-25-24(30)21-13-23(29)26-22-10-9-19(12-20(21)22)33(31,32)28-11-7-8-17(3)16-28/h9-10,12-13,17-18H,5-8,11,14-16H2,1-4H3,(H,25,30)(H,26,29)/t17-,18-/m1/s1. The fourth-order valence-corrected chi connectivity index (χ4v) is 6.07. The number of hydrogen-bond donors (Lipinski definition) is 2. The number of nitrogens with zero attached hydrogens (tertiary/aromatic N) is 2. The Morgan fingerprint density at radius 2 is 2.00 bits per heavy atom. The van der Waals surface area contributed by atoms with Crippen molar-refractivity contribution in [3.8, 4) is 0 Å². The second-order valence-corrected chi connectivity index (χ2v) is 11.1. The van der Waals surface area contributed by atoms with Gasteiger partial charge in [0, 0.05) is 43.1 Å². The van der Waals surface area contributed by atoms with Gasteiger partial charge in [-0.15, -0.1) is 0 Å². The highest BCUT2D eigenvalue weighted by Crippen LogP contribution is 2.26. The summed E-state index contributed by atoms with van der Waals surface area (Å²) in [6.07, 6.45) is 1.85. The van der Waals surface area contributed by atoms with Crippen LogP contribution >= 0.6 is 0 Å². The highest BCUT2D eigenvalue weighted by molar-refractivity contribution is 7.89. The molecule has 0 unspecified atom stereocenters. The second kappa shape index (κ2) is 10.8. The minimum absolute atomic E-state index is 0.139. The zero-order valence-corrected chi connectivity index (χ0v) is 20.9. The molecule has 0 bridgehead atoms. The lowest BCUT2D eigenvalue weighted by atomic mass is 10.0. The predicted molar refractivity (Wildman–Crippen MR) is 131 cm³/mol. The van der Waals surface area contributed by atoms with Gasteiger partial charge in [-0.2, -0.15) is 4.31 Å². The number of hydrogen-bond acceptors (Lipinski definition) is 5. The first-order valence-electron chi connectivity index (χ1n) is 11.8. The number of nitrogens with one attached hydrogen (secondary N) is 2. The molecule has 1 amide bonds. The van der Waals surface area contributed by atoms with Gasteiger partial charge in [0.2, 0.25) is 15.6 Å². The van der Waals surface area contributed by atoms with Gasteiger partial charge in [-0.3, -0.25) is 9.59 Å². The van der Waals surface area contributed by atoms with Crippen LogP contribution in [-0.2, 0) is 10.0 Å². The molecule has 1 aromatic heterocycles. The fraction of sp³-hybridized carbons (Fsp3) is 0.583. The van der Waals surface area contributed by atoms with Crippen molar-refractivity contribution in [2.24, 2.45) is 11.8 Å². The Kier molecular flexibility index (Phi) is 8.31. The van der Waals surface area contributed by atoms with E-state index in [1.165, 1.54) is 22.5 Å². The molecule has 8 nitrogen and oxygen atoms in total. The molecule has 1 saturated heterocycles. The van der Waals surface area contributed by atoms with Gasteiger partial charge < -0.3 is 15.2 Å². The van der Waals surface area contributed by atoms with Crippen molar-refractivity contribution in [2.75, 3.05) is 39.3 Å². The number of piperidine rings is 1. The molecule has 0 spiro atoms. The molecule has 33 heavy (non-hydrogen) atoms. The van der Waals surface area contributed by atoms with Crippen LogP contribution in [0.2, 0.25) is 0 Å². The number of H-pyrrole nitrogens is 1. The summed E-state index contributed by atoms with van der Waals surface area (Å²) in [7, 11) is -3.68. The summed E-state index contributed by atoms with van der Waals surface area (Å²) >= 11 is 0. The number of pyridine rings is 1. The van der Waals surface area contributed by atoms with Gasteiger partial charge in [-0.25, -0.2) is 8.42 Å². The summed E-state index contributed by atoms with van der Waals surface area (Å²) < 4.78 is 28.0. The Labute approximate surface area is 196 Å². The quantitative estimate of drug-likeness (QED) is 0.579. The summed E-state index contributed by atoms with van der Waals surface area (Å²) in [6, 6.07) is 5.82. The molecule has 1 aliphatic rings. The first kappa shape index (κ1) is 25.4. The molecule has 2 atom stereocenters. The van der Waals surface area contributed by atoms with Gasteiger partial charge in [0.15, 0.2) is 0 Å². The first-order valence-corrected chi connectivity index (χ1v) is 13.3. The average molecular weight is 477 g/mol. The van der Waals surface area contributed by atoms with Gasteiger partial charge in [-0.05, 0) is 56.0 Å². The zero-order chi connectivity index (χ0) is 24.2. The molecular formula is C24H36N4O4S. The summed E-state index contributed by atoms with van der Waals surface area (Å²) in [5.41, 5.74) is 0.229. The summed E-state index contributed by atoms with van der Waals surface area (Å²) in [4.78, 5) is 30.3. The highest BCUT2D eigenvalue weighted by Gasteiger charge is 2.29. The zero-order valence-electron chi connectivity index (χ0n) is 20.1. The number of carbonyl (C=O) groups excluding carboxylic acids is 1. The molecule has 9 heteroatoms. The van der Waals surface area contributed by atoms with Crippen LogP contribution in [0.25, 0.3) is 10.9 Å². The molecule has 1 fully saturated rings. The molecule has 0 aliphatic carbocycles. The predicted octanol–water partition coefficient (Wildman–Crippen LogP) is 2.66. The molecular weight excluding hydrogens is 440 g/mol. The van der Waals surface area contributed by atoms with E-state index in [4.69, 9.17) is 0 Å². The fourth-order valence-electron chi connectivity index (χ4n) is 4.44. The van der Waals surface area contributed by atoms with Crippen molar-refractivity contribution in [1.29, 1.82) is 0 Å². The maximum atomic E-state index is 13.2. The largest absolute Gasteiger partial charge is 0.352 e. The van der Waals surface area contributed by atoms with E-state index in [-0.39, 0.29) is 22.3 Å². The maximum Gasteiger partial charge on any atom is 0.252 e. The van der Waals surface area contributed by atoms with Crippen molar-refractivity contribution >= 4 is 26.8 Å². The third-order valence-corrected chi connectivity index (χ3v) is 8.25. The molecule has 1 aromatic carbocycles. The van der Waals surface area contributed by atoms with Crippen LogP contribution in [0.15, 0.2) is 34.0 Å². The third-order valence-electron chi connectivity index (χ3n) is 6.39. The van der Waals surface area contributed by atoms with Gasteiger partial charge in [-0.1, -0.05) is 27.7 Å². The van der Waals surface area contributed by atoms with Crippen LogP contribution in [0.5, 0.6) is 0 Å². The van der Waals surface area contributed by atoms with Gasteiger partial charge in [0.25, 0.3) is 5.91 Å². The van der Waals surface area contributed by atoms with Crippen molar-refractivity contribution in [3.05, 3.63) is 40.2 Å². The summed E-state index contributed by atoms with van der Waals surface area (Å²) in [5.74, 6) is 0.169. The van der Waals surface area contributed by atoms with Crippen LogP contribution in [0.1, 0.15) is 50.9 Å². The van der Waals surface area contributed by atoms with Crippen molar-refractivity contribution in [1.82, 2.24) is 19.5 Å². The van der Waals surface area contributed by atoms with E-state index < -0.39 is 15.6 Å². The minimum atomic E-state index is -3.68. The lowest BCUT2D eigenvalue weighted by Gasteiger charge is -2.30. The monoisotopic (exact) mass is 476 g/mol. The van der Waals surface area contributed by atoms with E-state index in [0.29, 0.717) is 36.5 Å². The van der Waals surface area contributed by atoms with Crippen molar-refractivity contribution in [2.45, 2.75) is 45.4 Å². The molecule has 2 heterocycles. The van der Waals surface area contributed by atoms with E-state index in [1.807, 2.05) is 0 Å². The normalized spacial score (nSPS) is 18.5. The Balaban J connectivity index is 1.87. The lowest BCUT2D eigenvalue weighted by Crippen LogP contribution is -2.39. The Morgan fingerprint density at radius 1 is 1.27 bits per heavy atom. The molecule has 0 radical (unpaired) electrons. The van der Waals surface area contributed by atoms with Crippen LogP contribution < -0.4 is 10.9 Å². The number of sulfonamides is 1. The SMILES string of the molecule is CCN(CC)C[C@H](C)CNC(=O)c1cc(=O)[nH]c2ccc(S(=O)(=O)N3CCC[C@@H](C)C3)cc12. The Morgan fingerprint density at radius 3 is 2.67 bits per heavy atom. The number of aromatic nitrogens is 1. The molecule has 182 valence electrons. The van der Waals surface area contributed by atoms with Crippen molar-refractivity contribution < 1.29 is 13.2 Å². The highest BCUT2D eigenvalue weighted by atomic mass is 32.2. The minimum Gasteiger partial charge on any atom is -0.352 e. The molecule has 2 aromatic rings. The first-order chi connectivity index (χ1) is 15.6. The molecule has 3 rings (SSSR count). The van der Waals surface area contributed by atoms with Crippen LogP contribution in [-0.4, -0.2) is 67.8 Å². The molecule has 2 N–H and O–H groups in total. The van der Waals surface area contributed by atoms with Gasteiger partial charge >= 0.3 is 0 Å². The van der Waals surface area contributed by atoms with Crippen LogP contribution in [0.4, 0.5) is 0 Å². The number of aromatic amines is 1. The Bertz CT molecular complexity index is 1140. The van der Waals surface area contributed by atoms with E-state index >= 15 is 0 Å². The lowest BCUT2D eigenvalue weighted by molar-refractivity contribution is 0.0946. The third kappa shape index (κ3) is 6.02. The van der Waals surface area contributed by atoms with Gasteiger partial charge in [0.1, 0.15) is 0 Å². The maximum absolute atomic E-state index is 13.2. The van der Waals surface area contributed by atoms with E-state index in [9.17, 15) is 18.0 Å². The number of carbonyl (C=O) groups is 1. The Hall–Kier alpha value is -2.23. The molecule has 0 saturated carbocycles. The number of amides is 1. The van der Waals surface area contributed by atoms with E-state index in [1.54, 1.807) is 6.07 Å². The summed E-state index contributed by atoms with van der Waals surface area (Å²) in [6.45, 7) is 12.5. The number of rotatable bonds is 9. The number of benzene rings is 1. The van der Waals surface area contributed by atoms with E-state index in [0.717, 1.165) is 32.5 Å².